The number of ether oxygens (including phenoxy) is 1. The van der Waals surface area contributed by atoms with Crippen molar-refractivity contribution in [1.29, 1.82) is 0 Å². The SMILES string of the molecule is COc1ccc(CS(=O)[O-])cc1NC(=O)CCl. The molecule has 0 radical (unpaired) electrons. The van der Waals surface area contributed by atoms with E-state index in [1.807, 2.05) is 0 Å². The number of anilines is 1. The Kier molecular flexibility index (Phi) is 5.40. The number of rotatable bonds is 5. The van der Waals surface area contributed by atoms with Crippen LogP contribution >= 0.6 is 11.6 Å². The van der Waals surface area contributed by atoms with Crippen molar-refractivity contribution in [3.8, 4) is 5.75 Å². The number of methoxy groups -OCH3 is 1. The number of benzene rings is 1. The Bertz CT molecular complexity index is 438. The van der Waals surface area contributed by atoms with Gasteiger partial charge in [-0.05, 0) is 17.7 Å². The van der Waals surface area contributed by atoms with Gasteiger partial charge in [-0.25, -0.2) is 0 Å². The Morgan fingerprint density at radius 3 is 2.82 bits per heavy atom. The highest BCUT2D eigenvalue weighted by Gasteiger charge is 2.07. The molecule has 1 atom stereocenters. The van der Waals surface area contributed by atoms with Gasteiger partial charge in [-0.15, -0.1) is 11.6 Å². The van der Waals surface area contributed by atoms with Gasteiger partial charge in [0.1, 0.15) is 11.6 Å². The van der Waals surface area contributed by atoms with Gasteiger partial charge in [0.05, 0.1) is 12.8 Å². The van der Waals surface area contributed by atoms with Crippen LogP contribution in [0.5, 0.6) is 5.75 Å². The Labute approximate surface area is 106 Å². The Hall–Kier alpha value is -1.11. The maximum atomic E-state index is 11.2. The fourth-order valence-electron chi connectivity index (χ4n) is 1.26. The second-order valence-corrected chi connectivity index (χ2v) is 4.33. The Balaban J connectivity index is 2.97. The van der Waals surface area contributed by atoms with Crippen LogP contribution in [-0.2, 0) is 21.6 Å². The summed E-state index contributed by atoms with van der Waals surface area (Å²) in [7, 11) is 1.46. The molecule has 1 rings (SSSR count). The number of nitrogens with one attached hydrogen (secondary N) is 1. The summed E-state index contributed by atoms with van der Waals surface area (Å²) in [5.41, 5.74) is 0.963. The van der Waals surface area contributed by atoms with Gasteiger partial charge in [0, 0.05) is 5.75 Å². The van der Waals surface area contributed by atoms with E-state index in [1.165, 1.54) is 7.11 Å². The summed E-state index contributed by atoms with van der Waals surface area (Å²) in [6.07, 6.45) is 0. The average Bonchev–Trinajstić information content (AvgIpc) is 2.28. The lowest BCUT2D eigenvalue weighted by atomic mass is 10.2. The molecule has 5 nitrogen and oxygen atoms in total. The molecule has 7 heteroatoms. The van der Waals surface area contributed by atoms with E-state index in [4.69, 9.17) is 16.3 Å². The summed E-state index contributed by atoms with van der Waals surface area (Å²) in [6, 6.07) is 4.75. The highest BCUT2D eigenvalue weighted by molar-refractivity contribution is 7.78. The monoisotopic (exact) mass is 276 g/mol. The fraction of sp³-hybridized carbons (Fsp3) is 0.300. The molecule has 1 amide bonds. The van der Waals surface area contributed by atoms with Crippen LogP contribution in [0.2, 0.25) is 0 Å². The maximum Gasteiger partial charge on any atom is 0.239 e. The lowest BCUT2D eigenvalue weighted by molar-refractivity contribution is -0.113. The second kappa shape index (κ2) is 6.58. The predicted octanol–water partition coefficient (Wildman–Crippen LogP) is 1.25. The number of halogens is 1. The van der Waals surface area contributed by atoms with Gasteiger partial charge >= 0.3 is 0 Å². The molecule has 0 aliphatic rings. The van der Waals surface area contributed by atoms with Crippen molar-refractivity contribution >= 4 is 34.3 Å². The van der Waals surface area contributed by atoms with Crippen LogP contribution < -0.4 is 10.1 Å². The molecular weight excluding hydrogens is 266 g/mol. The summed E-state index contributed by atoms with van der Waals surface area (Å²) in [5, 5.41) is 2.53. The standard InChI is InChI=1S/C10H12ClNO4S/c1-16-9-3-2-7(6-17(14)15)4-8(9)12-10(13)5-11/h2-4H,5-6H2,1H3,(H,12,13)(H,14,15)/p-1. The Morgan fingerprint density at radius 2 is 2.29 bits per heavy atom. The van der Waals surface area contributed by atoms with E-state index in [-0.39, 0.29) is 17.5 Å². The zero-order valence-electron chi connectivity index (χ0n) is 9.07. The molecule has 1 N–H and O–H groups in total. The zero-order valence-corrected chi connectivity index (χ0v) is 10.6. The van der Waals surface area contributed by atoms with Gasteiger partial charge in [-0.2, -0.15) is 0 Å². The molecule has 1 unspecified atom stereocenters. The van der Waals surface area contributed by atoms with Crippen LogP contribution in [0.15, 0.2) is 18.2 Å². The first-order valence-corrected chi connectivity index (χ1v) is 6.43. The van der Waals surface area contributed by atoms with Crippen molar-refractivity contribution in [2.24, 2.45) is 0 Å². The van der Waals surface area contributed by atoms with Gasteiger partial charge < -0.3 is 14.6 Å². The van der Waals surface area contributed by atoms with Crippen LogP contribution in [-0.4, -0.2) is 27.7 Å². The lowest BCUT2D eigenvalue weighted by Crippen LogP contribution is -2.13. The largest absolute Gasteiger partial charge is 0.772 e. The number of hydrogen-bond acceptors (Lipinski definition) is 4. The van der Waals surface area contributed by atoms with Crippen molar-refractivity contribution in [3.63, 3.8) is 0 Å². The van der Waals surface area contributed by atoms with Crippen LogP contribution in [0.1, 0.15) is 5.56 Å². The molecule has 0 saturated carbocycles. The third-order valence-corrected chi connectivity index (χ3v) is 2.76. The van der Waals surface area contributed by atoms with Crippen molar-refractivity contribution < 1.29 is 18.3 Å². The van der Waals surface area contributed by atoms with E-state index in [2.05, 4.69) is 5.32 Å². The average molecular weight is 277 g/mol. The molecule has 17 heavy (non-hydrogen) atoms. The maximum absolute atomic E-state index is 11.2. The molecule has 0 bridgehead atoms. The van der Waals surface area contributed by atoms with Crippen molar-refractivity contribution in [3.05, 3.63) is 23.8 Å². The van der Waals surface area contributed by atoms with Crippen molar-refractivity contribution in [1.82, 2.24) is 0 Å². The van der Waals surface area contributed by atoms with E-state index < -0.39 is 11.1 Å². The van der Waals surface area contributed by atoms with E-state index in [1.54, 1.807) is 18.2 Å². The molecule has 1 aromatic carbocycles. The van der Waals surface area contributed by atoms with Crippen LogP contribution in [0.4, 0.5) is 5.69 Å². The Morgan fingerprint density at radius 1 is 1.59 bits per heavy atom. The zero-order chi connectivity index (χ0) is 12.8. The van der Waals surface area contributed by atoms with Gasteiger partial charge in [-0.3, -0.25) is 9.00 Å². The quantitative estimate of drug-likeness (QED) is 0.648. The lowest BCUT2D eigenvalue weighted by Gasteiger charge is -2.12. The highest BCUT2D eigenvalue weighted by atomic mass is 35.5. The summed E-state index contributed by atoms with van der Waals surface area (Å²) in [5.74, 6) is -0.233. The molecule has 0 aliphatic carbocycles. The minimum absolute atomic E-state index is 0.117. The number of hydrogen-bond donors (Lipinski definition) is 1. The summed E-state index contributed by atoms with van der Waals surface area (Å²) in [4.78, 5) is 11.2. The van der Waals surface area contributed by atoms with E-state index >= 15 is 0 Å². The topological polar surface area (TPSA) is 78.5 Å². The third-order valence-electron chi connectivity index (χ3n) is 1.94. The van der Waals surface area contributed by atoms with Crippen LogP contribution in [0, 0.1) is 0 Å². The molecule has 0 saturated heterocycles. The molecule has 1 aromatic rings. The molecule has 94 valence electrons. The van der Waals surface area contributed by atoms with Crippen LogP contribution in [0.25, 0.3) is 0 Å². The van der Waals surface area contributed by atoms with E-state index in [0.29, 0.717) is 17.0 Å². The third kappa shape index (κ3) is 4.33. The normalized spacial score (nSPS) is 11.9. The first-order valence-electron chi connectivity index (χ1n) is 4.65. The summed E-state index contributed by atoms with van der Waals surface area (Å²) >= 11 is 3.19. The van der Waals surface area contributed by atoms with Gasteiger partial charge in [0.25, 0.3) is 0 Å². The molecule has 0 fully saturated rings. The van der Waals surface area contributed by atoms with Crippen LogP contribution in [0.3, 0.4) is 0 Å². The molecule has 0 aromatic heterocycles. The number of carbonyl (C=O) groups is 1. The van der Waals surface area contributed by atoms with Gasteiger partial charge in [-0.1, -0.05) is 17.1 Å². The molecule has 0 spiro atoms. The highest BCUT2D eigenvalue weighted by Crippen LogP contribution is 2.25. The van der Waals surface area contributed by atoms with Crippen molar-refractivity contribution in [2.75, 3.05) is 18.3 Å². The molecular formula is C10H11ClNO4S-. The minimum Gasteiger partial charge on any atom is -0.772 e. The fourth-order valence-corrected chi connectivity index (χ4v) is 1.78. The minimum atomic E-state index is -2.18. The summed E-state index contributed by atoms with van der Waals surface area (Å²) in [6.45, 7) is 0. The first-order chi connectivity index (χ1) is 8.06. The number of alkyl halides is 1. The van der Waals surface area contributed by atoms with Gasteiger partial charge in [0.2, 0.25) is 5.91 Å². The van der Waals surface area contributed by atoms with E-state index in [9.17, 15) is 13.6 Å². The predicted molar refractivity (Wildman–Crippen MR) is 65.0 cm³/mol. The van der Waals surface area contributed by atoms with Crippen molar-refractivity contribution in [2.45, 2.75) is 5.75 Å². The first kappa shape index (κ1) is 14.0. The van der Waals surface area contributed by atoms with Gasteiger partial charge in [0.15, 0.2) is 0 Å². The second-order valence-electron chi connectivity index (χ2n) is 3.16. The number of amides is 1. The smallest absolute Gasteiger partial charge is 0.239 e. The van der Waals surface area contributed by atoms with E-state index in [0.717, 1.165) is 0 Å². The number of carbonyl (C=O) groups excluding carboxylic acids is 1. The molecule has 0 aliphatic heterocycles. The molecule has 0 heterocycles. The summed E-state index contributed by atoms with van der Waals surface area (Å²) < 4.78 is 26.2.